The van der Waals surface area contributed by atoms with Gasteiger partial charge < -0.3 is 14.8 Å². The van der Waals surface area contributed by atoms with Crippen LogP contribution in [-0.4, -0.2) is 29.9 Å². The van der Waals surface area contributed by atoms with Gasteiger partial charge in [-0.05, 0) is 43.2 Å². The van der Waals surface area contributed by atoms with Gasteiger partial charge in [0.2, 0.25) is 0 Å². The Balaban J connectivity index is 1.36. The summed E-state index contributed by atoms with van der Waals surface area (Å²) in [4.78, 5) is 16.7. The molecule has 4 aliphatic rings. The summed E-state index contributed by atoms with van der Waals surface area (Å²) < 4.78 is 11.7. The molecule has 2 aliphatic carbocycles. The van der Waals surface area contributed by atoms with Gasteiger partial charge in [-0.2, -0.15) is 0 Å². The number of carbonyl (C=O) groups excluding carboxylic acids is 1. The Labute approximate surface area is 129 Å². The molecular weight excluding hydrogens is 280 g/mol. The van der Waals surface area contributed by atoms with Crippen molar-refractivity contribution in [1.82, 2.24) is 10.3 Å². The van der Waals surface area contributed by atoms with Gasteiger partial charge in [-0.1, -0.05) is 0 Å². The number of amides is 1. The highest BCUT2D eigenvalue weighted by molar-refractivity contribution is 5.99. The van der Waals surface area contributed by atoms with E-state index in [4.69, 9.17) is 9.47 Å². The van der Waals surface area contributed by atoms with Crippen LogP contribution in [-0.2, 0) is 15.0 Å². The molecule has 1 saturated heterocycles. The molecule has 1 N–H and O–H groups in total. The molecule has 0 bridgehead atoms. The Morgan fingerprint density at radius 1 is 1.09 bits per heavy atom. The minimum absolute atomic E-state index is 0.0349. The number of hydrogen-bond donors (Lipinski definition) is 1. The van der Waals surface area contributed by atoms with Gasteiger partial charge in [-0.3, -0.25) is 9.78 Å². The lowest BCUT2D eigenvalue weighted by Crippen LogP contribution is -2.58. The molecule has 2 aliphatic heterocycles. The zero-order valence-corrected chi connectivity index (χ0v) is 12.6. The maximum absolute atomic E-state index is 12.2. The minimum atomic E-state index is -0.302. The third-order valence-corrected chi connectivity index (χ3v) is 6.10. The Morgan fingerprint density at radius 2 is 1.82 bits per heavy atom. The van der Waals surface area contributed by atoms with Crippen molar-refractivity contribution in [3.63, 3.8) is 0 Å². The SMILES string of the molecule is O=C1NC2(CC3(CCC4(CC3)OCCO4)C2)c2ncccc21. The summed E-state index contributed by atoms with van der Waals surface area (Å²) in [6, 6.07) is 3.72. The highest BCUT2D eigenvalue weighted by Crippen LogP contribution is 2.63. The van der Waals surface area contributed by atoms with Crippen LogP contribution in [0.1, 0.15) is 54.6 Å². The average molecular weight is 300 g/mol. The molecule has 3 heterocycles. The zero-order valence-electron chi connectivity index (χ0n) is 12.6. The summed E-state index contributed by atoms with van der Waals surface area (Å²) in [6.45, 7) is 1.45. The third-order valence-electron chi connectivity index (χ3n) is 6.10. The highest BCUT2D eigenvalue weighted by Gasteiger charge is 2.62. The molecule has 3 spiro atoms. The first-order valence-corrected chi connectivity index (χ1v) is 8.21. The van der Waals surface area contributed by atoms with E-state index in [0.29, 0.717) is 5.41 Å². The van der Waals surface area contributed by atoms with Crippen molar-refractivity contribution in [2.24, 2.45) is 5.41 Å². The van der Waals surface area contributed by atoms with Gasteiger partial charge in [-0.25, -0.2) is 0 Å². The number of carbonyl (C=O) groups is 1. The van der Waals surface area contributed by atoms with Crippen molar-refractivity contribution in [3.05, 3.63) is 29.6 Å². The summed E-state index contributed by atoms with van der Waals surface area (Å²) in [6.07, 6.45) is 8.00. The predicted molar refractivity (Wildman–Crippen MR) is 78.2 cm³/mol. The number of nitrogens with zero attached hydrogens (tertiary/aromatic N) is 1. The molecule has 1 amide bonds. The molecule has 0 unspecified atom stereocenters. The molecule has 116 valence electrons. The normalized spacial score (nSPS) is 29.5. The van der Waals surface area contributed by atoms with Crippen LogP contribution in [0.5, 0.6) is 0 Å². The Kier molecular flexibility index (Phi) is 2.42. The van der Waals surface area contributed by atoms with Gasteiger partial charge in [0.25, 0.3) is 5.91 Å². The van der Waals surface area contributed by atoms with Crippen molar-refractivity contribution < 1.29 is 14.3 Å². The van der Waals surface area contributed by atoms with Gasteiger partial charge in [0.05, 0.1) is 30.0 Å². The number of rotatable bonds is 0. The van der Waals surface area contributed by atoms with E-state index in [1.807, 2.05) is 12.1 Å². The van der Waals surface area contributed by atoms with Crippen LogP contribution in [0.3, 0.4) is 0 Å². The molecule has 2 saturated carbocycles. The smallest absolute Gasteiger partial charge is 0.253 e. The van der Waals surface area contributed by atoms with Gasteiger partial charge in [0, 0.05) is 19.0 Å². The number of hydrogen-bond acceptors (Lipinski definition) is 4. The molecule has 1 aromatic rings. The molecule has 0 aromatic carbocycles. The number of nitrogens with one attached hydrogen (secondary N) is 1. The van der Waals surface area contributed by atoms with Crippen LogP contribution < -0.4 is 5.32 Å². The van der Waals surface area contributed by atoms with E-state index in [1.165, 1.54) is 0 Å². The van der Waals surface area contributed by atoms with E-state index in [0.717, 1.165) is 63.0 Å². The van der Waals surface area contributed by atoms with Crippen molar-refractivity contribution in [3.8, 4) is 0 Å². The zero-order chi connectivity index (χ0) is 14.8. The van der Waals surface area contributed by atoms with E-state index >= 15 is 0 Å². The summed E-state index contributed by atoms with van der Waals surface area (Å²) in [5.41, 5.74) is 1.83. The molecule has 5 rings (SSSR count). The van der Waals surface area contributed by atoms with Crippen LogP contribution in [0.15, 0.2) is 18.3 Å². The fraction of sp³-hybridized carbons (Fsp3) is 0.647. The number of ether oxygens (including phenoxy) is 2. The lowest BCUT2D eigenvalue weighted by molar-refractivity contribution is -0.206. The molecule has 5 nitrogen and oxygen atoms in total. The Morgan fingerprint density at radius 3 is 2.55 bits per heavy atom. The van der Waals surface area contributed by atoms with E-state index in [-0.39, 0.29) is 17.2 Å². The predicted octanol–water partition coefficient (Wildman–Crippen LogP) is 2.12. The van der Waals surface area contributed by atoms with E-state index in [2.05, 4.69) is 10.3 Å². The van der Waals surface area contributed by atoms with Gasteiger partial charge in [0.1, 0.15) is 0 Å². The van der Waals surface area contributed by atoms with Crippen molar-refractivity contribution in [2.45, 2.75) is 49.9 Å². The summed E-state index contributed by atoms with van der Waals surface area (Å²) >= 11 is 0. The number of fused-ring (bicyclic) bond motifs is 2. The van der Waals surface area contributed by atoms with Crippen molar-refractivity contribution >= 4 is 5.91 Å². The first kappa shape index (κ1) is 13.0. The quantitative estimate of drug-likeness (QED) is 0.797. The topological polar surface area (TPSA) is 60.5 Å². The van der Waals surface area contributed by atoms with Gasteiger partial charge in [0.15, 0.2) is 5.79 Å². The van der Waals surface area contributed by atoms with E-state index in [1.54, 1.807) is 6.20 Å². The van der Waals surface area contributed by atoms with Gasteiger partial charge >= 0.3 is 0 Å². The van der Waals surface area contributed by atoms with Crippen LogP contribution in [0.2, 0.25) is 0 Å². The second kappa shape index (κ2) is 4.09. The molecule has 5 heteroatoms. The molecule has 0 radical (unpaired) electrons. The summed E-state index contributed by atoms with van der Waals surface area (Å²) in [5, 5.41) is 3.20. The van der Waals surface area contributed by atoms with Crippen LogP contribution in [0.4, 0.5) is 0 Å². The highest BCUT2D eigenvalue weighted by atomic mass is 16.7. The molecular formula is C17H20N2O3. The number of aromatic nitrogens is 1. The summed E-state index contributed by atoms with van der Waals surface area (Å²) in [5.74, 6) is -0.268. The fourth-order valence-corrected chi connectivity index (χ4v) is 5.10. The van der Waals surface area contributed by atoms with E-state index in [9.17, 15) is 4.79 Å². The Hall–Kier alpha value is -1.46. The number of pyridine rings is 1. The largest absolute Gasteiger partial charge is 0.348 e. The Bertz CT molecular complexity index is 633. The van der Waals surface area contributed by atoms with Crippen molar-refractivity contribution in [1.29, 1.82) is 0 Å². The van der Waals surface area contributed by atoms with Gasteiger partial charge in [-0.15, -0.1) is 0 Å². The monoisotopic (exact) mass is 300 g/mol. The van der Waals surface area contributed by atoms with Crippen LogP contribution in [0.25, 0.3) is 0 Å². The molecule has 3 fully saturated rings. The second-order valence-electron chi connectivity index (χ2n) is 7.40. The van der Waals surface area contributed by atoms with E-state index < -0.39 is 0 Å². The average Bonchev–Trinajstić information content (AvgIpc) is 3.07. The lowest BCUT2D eigenvalue weighted by Gasteiger charge is -2.58. The van der Waals surface area contributed by atoms with Crippen LogP contribution >= 0.6 is 0 Å². The molecule has 1 aromatic heterocycles. The first-order valence-electron chi connectivity index (χ1n) is 8.21. The van der Waals surface area contributed by atoms with Crippen molar-refractivity contribution in [2.75, 3.05) is 13.2 Å². The third kappa shape index (κ3) is 1.61. The maximum Gasteiger partial charge on any atom is 0.253 e. The fourth-order valence-electron chi connectivity index (χ4n) is 5.10. The summed E-state index contributed by atoms with van der Waals surface area (Å²) in [7, 11) is 0. The molecule has 0 atom stereocenters. The lowest BCUT2D eigenvalue weighted by atomic mass is 9.51. The first-order chi connectivity index (χ1) is 10.6. The maximum atomic E-state index is 12.2. The second-order valence-corrected chi connectivity index (χ2v) is 7.40. The standard InChI is InChI=1S/C17H20N2O3/c20-14-12-2-1-7-18-13(12)16(19-14)10-15(11-16)3-5-17(6-4-15)21-8-9-22-17/h1-2,7H,3-6,8-11H2,(H,19,20). The minimum Gasteiger partial charge on any atom is -0.348 e. The molecule has 22 heavy (non-hydrogen) atoms. The van der Waals surface area contributed by atoms with Crippen LogP contribution in [0, 0.1) is 5.41 Å².